The van der Waals surface area contributed by atoms with E-state index in [1.54, 1.807) is 0 Å². The van der Waals surface area contributed by atoms with Crippen LogP contribution in [0.25, 0.3) is 22.3 Å². The first kappa shape index (κ1) is 35.1. The van der Waals surface area contributed by atoms with E-state index in [0.29, 0.717) is 47.1 Å². The largest absolute Gasteiger partial charge is 0.394 e. The van der Waals surface area contributed by atoms with Crippen molar-refractivity contribution in [3.05, 3.63) is 37.5 Å². The van der Waals surface area contributed by atoms with E-state index in [1.807, 2.05) is 12.2 Å². The van der Waals surface area contributed by atoms with Gasteiger partial charge in [-0.1, -0.05) is 36.6 Å². The Morgan fingerprint density at radius 1 is 0.750 bits per heavy atom. The van der Waals surface area contributed by atoms with E-state index in [0.717, 1.165) is 0 Å². The van der Waals surface area contributed by atoms with Gasteiger partial charge < -0.3 is 49.6 Å². The van der Waals surface area contributed by atoms with Crippen molar-refractivity contribution in [1.82, 2.24) is 39.0 Å². The number of nitrogens with one attached hydrogen (secondary N) is 2. The van der Waals surface area contributed by atoms with E-state index in [9.17, 15) is 29.6 Å². The Morgan fingerprint density at radius 2 is 1.25 bits per heavy atom. The lowest BCUT2D eigenvalue weighted by molar-refractivity contribution is -0.0502. The molecule has 0 radical (unpaired) electrons. The van der Waals surface area contributed by atoms with Gasteiger partial charge in [0.05, 0.1) is 25.9 Å². The first-order valence-electron chi connectivity index (χ1n) is 14.4. The molecule has 4 aromatic rings. The Bertz CT molecular complexity index is 1820. The zero-order chi connectivity index (χ0) is 33.9. The summed E-state index contributed by atoms with van der Waals surface area (Å²) in [5, 5.41) is 46.9. The number of anilines is 2. The summed E-state index contributed by atoms with van der Waals surface area (Å²) >= 11 is 7.59. The smallest absolute Gasteiger partial charge is 0.243 e. The van der Waals surface area contributed by atoms with Crippen LogP contribution in [0.3, 0.4) is 0 Å². The molecule has 4 unspecified atom stereocenters. The molecule has 10 atom stereocenters. The summed E-state index contributed by atoms with van der Waals surface area (Å²) in [6, 6.07) is 0. The zero-order valence-corrected chi connectivity index (χ0v) is 28.4. The molecule has 0 aromatic carbocycles. The molecule has 260 valence electrons. The lowest BCUT2D eigenvalue weighted by Gasteiger charge is -2.20. The molecule has 6 heterocycles. The molecule has 24 heteroatoms. The maximum absolute atomic E-state index is 11.7. The predicted octanol–water partition coefficient (Wildman–Crippen LogP) is -0.0432. The van der Waals surface area contributed by atoms with Gasteiger partial charge in [0.25, 0.3) is 0 Å². The molecule has 2 aliphatic rings. The molecule has 0 spiro atoms. The topological polar surface area (TPSA) is 263 Å². The summed E-state index contributed by atoms with van der Waals surface area (Å²) in [5.41, 5.74) is 1.53. The van der Waals surface area contributed by atoms with Crippen molar-refractivity contribution in [2.45, 2.75) is 49.1 Å². The summed E-state index contributed by atoms with van der Waals surface area (Å²) < 4.78 is 48.3. The minimum atomic E-state index is -2.74. The fraction of sp³-hybridized carbons (Fsp3) is 0.500. The van der Waals surface area contributed by atoms with Gasteiger partial charge in [-0.3, -0.25) is 18.3 Å². The van der Waals surface area contributed by atoms with Crippen LogP contribution >= 0.6 is 39.0 Å². The number of nitrogens with zero attached hydrogens (tertiary/aromatic N) is 8. The standard InChI is InChI=1S/C24H32N10O10P2S2/c35-5-11-15(37)18(44-46(40)48)24(41-11)34-10-32-14-20(28-8-30-22(14)34)26-4-2-1-3-25-19-13-21(29-7-27-19)33(9-31-13)23-16(38)17(43-45(39)47)12(6-36)42-23/h1-2,7-12,15-18,23-24,35-38,45-46H,3-6H2,(H,39,47)(H,40,48)(H,25,27,29)(H,26,28,30)/b2-1+/t11?,12?,15-,16-,17-,18-,23-,24-/m1/s1. The molecule has 2 fully saturated rings. The highest BCUT2D eigenvalue weighted by Crippen LogP contribution is 2.42. The summed E-state index contributed by atoms with van der Waals surface area (Å²) in [4.78, 5) is 25.8. The third-order valence-electron chi connectivity index (χ3n) is 7.66. The number of aliphatic hydroxyl groups is 4. The van der Waals surface area contributed by atoms with Gasteiger partial charge in [-0.15, -0.1) is 0 Å². The first-order valence-corrected chi connectivity index (χ1v) is 19.6. The average Bonchev–Trinajstić information content (AvgIpc) is 3.83. The predicted molar refractivity (Wildman–Crippen MR) is 176 cm³/mol. The monoisotopic (exact) mass is 746 g/mol. The number of aromatic nitrogens is 8. The van der Waals surface area contributed by atoms with Crippen LogP contribution in [-0.2, 0) is 27.7 Å². The second-order valence-corrected chi connectivity index (χ2v) is 14.2. The highest BCUT2D eigenvalue weighted by molar-refractivity contribution is 8.39. The van der Waals surface area contributed by atoms with Crippen LogP contribution in [-0.4, -0.2) is 122 Å². The van der Waals surface area contributed by atoms with Crippen molar-refractivity contribution in [2.75, 3.05) is 36.9 Å². The first-order chi connectivity index (χ1) is 23.2. The molecule has 20 nitrogen and oxygen atoms in total. The number of hydrogen-bond acceptors (Lipinski definition) is 18. The highest BCUT2D eigenvalue weighted by Gasteiger charge is 2.47. The maximum atomic E-state index is 11.7. The quantitative estimate of drug-likeness (QED) is 0.0478. The van der Waals surface area contributed by atoms with Crippen LogP contribution in [0.1, 0.15) is 12.5 Å². The third-order valence-corrected chi connectivity index (χ3v) is 9.24. The van der Waals surface area contributed by atoms with Gasteiger partial charge in [-0.2, -0.15) is 0 Å². The maximum Gasteiger partial charge on any atom is 0.243 e. The number of rotatable bonds is 14. The summed E-state index contributed by atoms with van der Waals surface area (Å²) in [7, 11) is -5.45. The minimum Gasteiger partial charge on any atom is -0.394 e. The average molecular weight is 747 g/mol. The van der Waals surface area contributed by atoms with Gasteiger partial charge in [0, 0.05) is 13.1 Å². The van der Waals surface area contributed by atoms with Crippen LogP contribution in [0, 0.1) is 0 Å². The Labute approximate surface area is 283 Å². The third kappa shape index (κ3) is 7.11. The SMILES string of the molecule is O=[PH](S)O[C@@H]1[C@H](O)C(CO)O[C@H]1n1cnc2c(NC/C=C/CNc3ncnc4c3ncn4[C@@H]3OC(CO)[C@@H](O[PH](=O)S)[C@H]3O)ncnc21. The number of imidazole rings is 2. The van der Waals surface area contributed by atoms with Crippen molar-refractivity contribution >= 4 is 72.9 Å². The van der Waals surface area contributed by atoms with Crippen molar-refractivity contribution in [3.8, 4) is 0 Å². The van der Waals surface area contributed by atoms with E-state index < -0.39 is 76.8 Å². The lowest BCUT2D eigenvalue weighted by Crippen LogP contribution is -2.34. The molecule has 0 aliphatic carbocycles. The molecule has 2 saturated heterocycles. The summed E-state index contributed by atoms with van der Waals surface area (Å²) in [6.45, 7) is -0.224. The second-order valence-electron chi connectivity index (χ2n) is 10.5. The molecule has 2 aliphatic heterocycles. The van der Waals surface area contributed by atoms with Gasteiger partial charge in [0.2, 0.25) is 14.5 Å². The van der Waals surface area contributed by atoms with Gasteiger partial charge in [0.15, 0.2) is 46.4 Å². The van der Waals surface area contributed by atoms with Crippen molar-refractivity contribution < 1.29 is 48.1 Å². The summed E-state index contributed by atoms with van der Waals surface area (Å²) in [5.74, 6) is 0.845. The zero-order valence-electron chi connectivity index (χ0n) is 24.6. The fourth-order valence-corrected chi connectivity index (χ4v) is 7.25. The molecule has 0 amide bonds. The van der Waals surface area contributed by atoms with Crippen LogP contribution in [0.2, 0.25) is 0 Å². The Kier molecular flexibility index (Phi) is 11.3. The fourth-order valence-electron chi connectivity index (χ4n) is 5.51. The van der Waals surface area contributed by atoms with Gasteiger partial charge in [-0.25, -0.2) is 29.9 Å². The number of hydrogen-bond donors (Lipinski definition) is 8. The Hall–Kier alpha value is -2.72. The van der Waals surface area contributed by atoms with Crippen molar-refractivity contribution in [2.24, 2.45) is 0 Å². The van der Waals surface area contributed by atoms with E-state index >= 15 is 0 Å². The van der Waals surface area contributed by atoms with Crippen molar-refractivity contribution in [3.63, 3.8) is 0 Å². The highest BCUT2D eigenvalue weighted by atomic mass is 32.7. The molecule has 48 heavy (non-hydrogen) atoms. The molecular formula is C24H32N10O10P2S2. The van der Waals surface area contributed by atoms with Crippen LogP contribution < -0.4 is 10.6 Å². The summed E-state index contributed by atoms with van der Waals surface area (Å²) in [6.07, 6.45) is 0.673. The van der Waals surface area contributed by atoms with Crippen LogP contribution in [0.15, 0.2) is 37.5 Å². The molecule has 0 saturated carbocycles. The normalized spacial score (nSPS) is 28.9. The molecule has 6 rings (SSSR count). The molecular weight excluding hydrogens is 714 g/mol. The number of ether oxygens (including phenoxy) is 2. The second kappa shape index (κ2) is 15.4. The Balaban J connectivity index is 1.08. The van der Waals surface area contributed by atoms with Gasteiger partial charge in [-0.05, 0) is 0 Å². The molecule has 0 bridgehead atoms. The van der Waals surface area contributed by atoms with E-state index in [2.05, 4.69) is 65.0 Å². The minimum absolute atomic E-state index is 0.354. The number of fused-ring (bicyclic) bond motifs is 2. The molecule has 6 N–H and O–H groups in total. The van der Waals surface area contributed by atoms with Gasteiger partial charge >= 0.3 is 0 Å². The van der Waals surface area contributed by atoms with E-state index in [1.165, 1.54) is 34.4 Å². The van der Waals surface area contributed by atoms with E-state index in [4.69, 9.17) is 18.5 Å². The van der Waals surface area contributed by atoms with Crippen LogP contribution in [0.5, 0.6) is 0 Å². The Morgan fingerprint density at radius 3 is 1.77 bits per heavy atom. The van der Waals surface area contributed by atoms with E-state index in [-0.39, 0.29) is 0 Å². The van der Waals surface area contributed by atoms with Gasteiger partial charge in [0.1, 0.15) is 49.3 Å². The molecule has 4 aromatic heterocycles. The lowest BCUT2D eigenvalue weighted by atomic mass is 10.1. The number of aliphatic hydroxyl groups excluding tert-OH is 4. The van der Waals surface area contributed by atoms with Crippen molar-refractivity contribution in [1.29, 1.82) is 0 Å². The van der Waals surface area contributed by atoms with Crippen LogP contribution in [0.4, 0.5) is 11.6 Å². The number of thiol groups is 2.